The van der Waals surface area contributed by atoms with Gasteiger partial charge in [0.2, 0.25) is 0 Å². The number of carbonyl (C=O) groups excluding carboxylic acids is 4. The van der Waals surface area contributed by atoms with Crippen LogP contribution in [0.1, 0.15) is 44.2 Å². The zero-order valence-corrected chi connectivity index (χ0v) is 19.0. The molecule has 12 heteroatoms. The zero-order valence-electron chi connectivity index (χ0n) is 20.1. The first-order valence-electron chi connectivity index (χ1n) is 8.42. The average molecular weight is 425 g/mol. The molecule has 0 radical (unpaired) electrons. The number of nitrogens with two attached hydrogens (primary N) is 4. The van der Waals surface area contributed by atoms with Crippen molar-refractivity contribution in [3.8, 4) is 0 Å². The summed E-state index contributed by atoms with van der Waals surface area (Å²) in [6, 6.07) is -1.92. The summed E-state index contributed by atoms with van der Waals surface area (Å²) in [5, 5.41) is 0. The molecule has 0 aromatic heterocycles. The second-order valence-electron chi connectivity index (χ2n) is 5.60. The fourth-order valence-corrected chi connectivity index (χ4v) is 1.81. The van der Waals surface area contributed by atoms with Crippen molar-refractivity contribution in [2.45, 2.75) is 50.6 Å². The van der Waals surface area contributed by atoms with E-state index in [-0.39, 0.29) is 51.8 Å². The van der Waals surface area contributed by atoms with Crippen molar-refractivity contribution in [2.24, 2.45) is 22.9 Å². The Morgan fingerprint density at radius 2 is 1.04 bits per heavy atom. The third-order valence-corrected chi connectivity index (χ3v) is 3.30. The van der Waals surface area contributed by atoms with Gasteiger partial charge < -0.3 is 38.1 Å². The molecule has 0 fully saturated rings. The van der Waals surface area contributed by atoms with Crippen LogP contribution >= 0.6 is 0 Å². The largest absolute Gasteiger partial charge is 2.00 e. The number of esters is 4. The van der Waals surface area contributed by atoms with E-state index >= 15 is 0 Å². The molecule has 0 saturated carbocycles. The van der Waals surface area contributed by atoms with Crippen molar-refractivity contribution in [3.63, 3.8) is 0 Å². The molecular weight excluding hydrogens is 393 g/mol. The maximum Gasteiger partial charge on any atom is 2.00 e. The quantitative estimate of drug-likeness (QED) is 0.0920. The van der Waals surface area contributed by atoms with E-state index in [1.165, 1.54) is 0 Å². The molecule has 2 atom stereocenters. The summed E-state index contributed by atoms with van der Waals surface area (Å²) in [5.41, 5.74) is 21.8. The Morgan fingerprint density at radius 1 is 0.714 bits per heavy atom. The molecule has 156 valence electrons. The normalized spacial score (nSPS) is 12.3. The Balaban J connectivity index is -0.000000208. The summed E-state index contributed by atoms with van der Waals surface area (Å²) >= 11 is 0. The molecular formula is C16H32Mg2N4O6. The van der Waals surface area contributed by atoms with E-state index < -0.39 is 36.0 Å². The summed E-state index contributed by atoms with van der Waals surface area (Å²) < 4.78 is 8.92. The van der Waals surface area contributed by atoms with Gasteiger partial charge in [0, 0.05) is 12.2 Å². The SMILES string of the molecule is NCCCC[C@H](N)C(=O)OC(=O)/C=C/C(=O)OC(=O)[C@@H](N)CCCCN.[H-].[H-].[H-].[H-].[Mg+2].[Mg+2]. The maximum atomic E-state index is 11.6. The minimum atomic E-state index is -1.10. The maximum absolute atomic E-state index is 11.6. The molecule has 0 aliphatic carbocycles. The van der Waals surface area contributed by atoms with E-state index in [1.807, 2.05) is 0 Å². The standard InChI is InChI=1S/C16H28N4O6.2Mg.4H/c17-9-3-1-5-11(19)15(23)25-13(21)7-8-14(22)26-16(24)12(20)6-2-4-10-18;;;;;;/h7-8,11-12H,1-6,9-10,17-20H2;;;;;;/q;2*+2;4*-1/b8-7+;;;;;;/t11-,12-;;;;;;/m0....../s1. The van der Waals surface area contributed by atoms with Gasteiger partial charge in [-0.1, -0.05) is 12.8 Å². The van der Waals surface area contributed by atoms with Crippen molar-refractivity contribution in [1.82, 2.24) is 0 Å². The minimum Gasteiger partial charge on any atom is -1.00 e. The van der Waals surface area contributed by atoms with Crippen LogP contribution in [0.4, 0.5) is 0 Å². The predicted octanol–water partition coefficient (Wildman–Crippen LogP) is -1.72. The monoisotopic (exact) mass is 424 g/mol. The second-order valence-corrected chi connectivity index (χ2v) is 5.60. The minimum absolute atomic E-state index is 0. The van der Waals surface area contributed by atoms with Gasteiger partial charge in [-0.3, -0.25) is 0 Å². The Labute approximate surface area is 202 Å². The van der Waals surface area contributed by atoms with Gasteiger partial charge in [0.1, 0.15) is 12.1 Å². The molecule has 8 N–H and O–H groups in total. The fourth-order valence-electron chi connectivity index (χ4n) is 1.81. The molecule has 28 heavy (non-hydrogen) atoms. The van der Waals surface area contributed by atoms with Gasteiger partial charge in [-0.25, -0.2) is 19.2 Å². The average Bonchev–Trinajstić information content (AvgIpc) is 2.60. The Kier molecular flexibility index (Phi) is 22.6. The van der Waals surface area contributed by atoms with E-state index in [9.17, 15) is 19.2 Å². The van der Waals surface area contributed by atoms with E-state index in [0.717, 1.165) is 0 Å². The molecule has 10 nitrogen and oxygen atoms in total. The first-order valence-corrected chi connectivity index (χ1v) is 8.42. The molecule has 0 amide bonds. The number of unbranched alkanes of at least 4 members (excludes halogenated alkanes) is 2. The third-order valence-electron chi connectivity index (χ3n) is 3.30. The number of ether oxygens (including phenoxy) is 2. The van der Waals surface area contributed by atoms with Gasteiger partial charge in [0.25, 0.3) is 0 Å². The fraction of sp³-hybridized carbons (Fsp3) is 0.625. The van der Waals surface area contributed by atoms with Crippen LogP contribution in [-0.2, 0) is 28.7 Å². The zero-order chi connectivity index (χ0) is 19.9. The van der Waals surface area contributed by atoms with E-state index in [0.29, 0.717) is 63.8 Å². The number of rotatable bonds is 12. The Bertz CT molecular complexity index is 493. The molecule has 0 unspecified atom stereocenters. The van der Waals surface area contributed by atoms with Crippen LogP contribution in [0.3, 0.4) is 0 Å². The van der Waals surface area contributed by atoms with Crippen molar-refractivity contribution in [2.75, 3.05) is 13.1 Å². The van der Waals surface area contributed by atoms with E-state index in [1.54, 1.807) is 0 Å². The van der Waals surface area contributed by atoms with Crippen LogP contribution in [0.2, 0.25) is 0 Å². The van der Waals surface area contributed by atoms with Gasteiger partial charge in [-0.2, -0.15) is 0 Å². The van der Waals surface area contributed by atoms with Gasteiger partial charge in [-0.15, -0.1) is 0 Å². The van der Waals surface area contributed by atoms with Crippen molar-refractivity contribution in [1.29, 1.82) is 0 Å². The van der Waals surface area contributed by atoms with Crippen molar-refractivity contribution < 1.29 is 34.4 Å². The molecule has 0 bridgehead atoms. The van der Waals surface area contributed by atoms with Crippen molar-refractivity contribution >= 4 is 70.0 Å². The molecule has 0 aromatic carbocycles. The predicted molar refractivity (Wildman–Crippen MR) is 109 cm³/mol. The summed E-state index contributed by atoms with van der Waals surface area (Å²) in [7, 11) is 0. The first kappa shape index (κ1) is 32.1. The summed E-state index contributed by atoms with van der Waals surface area (Å²) in [4.78, 5) is 46.0. The van der Waals surface area contributed by atoms with Crippen LogP contribution in [0, 0.1) is 0 Å². The third kappa shape index (κ3) is 16.4. The van der Waals surface area contributed by atoms with Gasteiger partial charge in [-0.05, 0) is 38.8 Å². The number of hydrogen-bond acceptors (Lipinski definition) is 10. The summed E-state index contributed by atoms with van der Waals surface area (Å²) in [5.74, 6) is -4.02. The van der Waals surface area contributed by atoms with Gasteiger partial charge in [0.05, 0.1) is 0 Å². The number of hydrogen-bond donors (Lipinski definition) is 4. The van der Waals surface area contributed by atoms with Crippen LogP contribution in [0.25, 0.3) is 0 Å². The van der Waals surface area contributed by atoms with Gasteiger partial charge in [0.15, 0.2) is 0 Å². The van der Waals surface area contributed by atoms with Crippen LogP contribution in [-0.4, -0.2) is 95.2 Å². The Morgan fingerprint density at radius 3 is 1.32 bits per heavy atom. The second kappa shape index (κ2) is 19.7. The van der Waals surface area contributed by atoms with Crippen molar-refractivity contribution in [3.05, 3.63) is 12.2 Å². The topological polar surface area (TPSA) is 191 Å². The molecule has 0 spiro atoms. The van der Waals surface area contributed by atoms with Crippen LogP contribution < -0.4 is 22.9 Å². The first-order chi connectivity index (χ1) is 12.3. The molecule has 0 rings (SSSR count). The van der Waals surface area contributed by atoms with Gasteiger partial charge >= 0.3 is 70.0 Å². The molecule has 0 heterocycles. The molecule has 0 saturated heterocycles. The Hall–Kier alpha value is -0.608. The van der Waals surface area contributed by atoms with Crippen LogP contribution in [0.15, 0.2) is 12.2 Å². The van der Waals surface area contributed by atoms with E-state index in [4.69, 9.17) is 22.9 Å². The van der Waals surface area contributed by atoms with Crippen LogP contribution in [0.5, 0.6) is 0 Å². The summed E-state index contributed by atoms with van der Waals surface area (Å²) in [6.45, 7) is 0.946. The molecule has 0 aliphatic heterocycles. The molecule has 0 aliphatic rings. The summed E-state index contributed by atoms with van der Waals surface area (Å²) in [6.07, 6.45) is 4.62. The molecule has 0 aromatic rings. The smallest absolute Gasteiger partial charge is 1.00 e. The number of carbonyl (C=O) groups is 4. The van der Waals surface area contributed by atoms with E-state index in [2.05, 4.69) is 9.47 Å².